The second-order valence-corrected chi connectivity index (χ2v) is 9.55. The number of carbonyl (C=O) groups is 4. The topological polar surface area (TPSA) is 105 Å². The third-order valence-corrected chi connectivity index (χ3v) is 7.16. The van der Waals surface area contributed by atoms with Crippen LogP contribution in [0.2, 0.25) is 0 Å². The number of amides is 2. The molecule has 1 aromatic carbocycles. The molecule has 9 nitrogen and oxygen atoms in total. The average Bonchev–Trinajstić information content (AvgIpc) is 3.25. The molecule has 2 saturated heterocycles. The molecular weight excluding hydrogens is 462 g/mol. The number of nitrogens with one attached hydrogen (secondary N) is 1. The number of ether oxygens (including phenoxy) is 2. The van der Waals surface area contributed by atoms with E-state index in [9.17, 15) is 19.2 Å². The van der Waals surface area contributed by atoms with Crippen LogP contribution in [0.25, 0.3) is 0 Å². The summed E-state index contributed by atoms with van der Waals surface area (Å²) >= 11 is 0. The summed E-state index contributed by atoms with van der Waals surface area (Å²) in [5.74, 6) is -1.04. The number of esters is 2. The first-order valence-electron chi connectivity index (χ1n) is 13.0. The van der Waals surface area contributed by atoms with E-state index >= 15 is 0 Å². The number of hydrogen-bond donors (Lipinski definition) is 1. The van der Waals surface area contributed by atoms with Crippen molar-refractivity contribution in [2.24, 2.45) is 5.92 Å². The van der Waals surface area contributed by atoms with Crippen molar-refractivity contribution in [1.82, 2.24) is 15.1 Å². The molecule has 0 aromatic heterocycles. The number of benzene rings is 1. The van der Waals surface area contributed by atoms with Crippen molar-refractivity contribution in [1.29, 1.82) is 0 Å². The minimum Gasteiger partial charge on any atom is -0.465 e. The van der Waals surface area contributed by atoms with Crippen molar-refractivity contribution in [2.45, 2.75) is 77.5 Å². The molecule has 2 fully saturated rings. The molecule has 0 spiro atoms. The zero-order chi connectivity index (χ0) is 26.2. The van der Waals surface area contributed by atoms with Crippen LogP contribution in [-0.2, 0) is 35.1 Å². The van der Waals surface area contributed by atoms with Gasteiger partial charge in [-0.3, -0.25) is 19.7 Å². The number of carbonyl (C=O) groups excluding carboxylic acids is 4. The molecule has 198 valence electrons. The lowest BCUT2D eigenvalue weighted by atomic mass is 9.91. The van der Waals surface area contributed by atoms with Crippen LogP contribution < -0.4 is 5.32 Å². The lowest BCUT2D eigenvalue weighted by Gasteiger charge is -2.39. The molecule has 5 unspecified atom stereocenters. The third kappa shape index (κ3) is 6.63. The lowest BCUT2D eigenvalue weighted by molar-refractivity contribution is -0.156. The molecule has 36 heavy (non-hydrogen) atoms. The first-order chi connectivity index (χ1) is 17.3. The second-order valence-electron chi connectivity index (χ2n) is 9.55. The molecule has 9 heteroatoms. The van der Waals surface area contributed by atoms with Gasteiger partial charge in [0.25, 0.3) is 0 Å². The zero-order valence-corrected chi connectivity index (χ0v) is 21.8. The largest absolute Gasteiger partial charge is 0.465 e. The molecule has 3 rings (SSSR count). The highest BCUT2D eigenvalue weighted by Crippen LogP contribution is 2.37. The molecular formula is C27H39N3O6. The van der Waals surface area contributed by atoms with E-state index in [1.807, 2.05) is 30.3 Å². The van der Waals surface area contributed by atoms with E-state index in [0.29, 0.717) is 32.4 Å². The van der Waals surface area contributed by atoms with Crippen molar-refractivity contribution < 1.29 is 28.7 Å². The molecule has 0 bridgehead atoms. The van der Waals surface area contributed by atoms with E-state index in [0.717, 1.165) is 12.0 Å². The van der Waals surface area contributed by atoms with E-state index in [1.165, 1.54) is 6.92 Å². The number of piperidine rings is 1. The summed E-state index contributed by atoms with van der Waals surface area (Å²) in [5.41, 5.74) is 1.09. The summed E-state index contributed by atoms with van der Waals surface area (Å²) in [5, 5.41) is 3.17. The molecule has 0 saturated carbocycles. The fourth-order valence-corrected chi connectivity index (χ4v) is 5.32. The van der Waals surface area contributed by atoms with Crippen molar-refractivity contribution in [3.63, 3.8) is 0 Å². The van der Waals surface area contributed by atoms with E-state index < -0.39 is 30.1 Å². The SMILES string of the molecule is CCOC(=O)C(CCc1ccccc1)NC(C)C(=O)N1C(C(=O)OCC)CC2CCN(C(C)=O)CC21. The quantitative estimate of drug-likeness (QED) is 0.489. The Morgan fingerprint density at radius 2 is 1.78 bits per heavy atom. The van der Waals surface area contributed by atoms with Gasteiger partial charge >= 0.3 is 11.9 Å². The lowest BCUT2D eigenvalue weighted by Crippen LogP contribution is -2.58. The van der Waals surface area contributed by atoms with Gasteiger partial charge in [0.1, 0.15) is 12.1 Å². The maximum absolute atomic E-state index is 13.8. The first kappa shape index (κ1) is 27.6. The van der Waals surface area contributed by atoms with E-state index in [-0.39, 0.29) is 37.0 Å². The van der Waals surface area contributed by atoms with Gasteiger partial charge in [-0.25, -0.2) is 4.79 Å². The Bertz CT molecular complexity index is 923. The predicted octanol–water partition coefficient (Wildman–Crippen LogP) is 1.93. The van der Waals surface area contributed by atoms with Crippen molar-refractivity contribution in [2.75, 3.05) is 26.3 Å². The van der Waals surface area contributed by atoms with E-state index in [2.05, 4.69) is 5.32 Å². The van der Waals surface area contributed by atoms with Crippen molar-refractivity contribution >= 4 is 23.8 Å². The Morgan fingerprint density at radius 3 is 2.42 bits per heavy atom. The van der Waals surface area contributed by atoms with Gasteiger partial charge in [0.2, 0.25) is 11.8 Å². The Hall–Kier alpha value is -2.94. The smallest absolute Gasteiger partial charge is 0.328 e. The number of nitrogens with zero attached hydrogens (tertiary/aromatic N) is 2. The standard InChI is InChI=1S/C27H39N3O6/c1-5-35-26(33)22(13-12-20-10-8-7-9-11-20)28-18(3)25(32)30-23(27(34)36-6-2)16-21-14-15-29(19(4)31)17-24(21)30/h7-11,18,21-24,28H,5-6,12-17H2,1-4H3. The molecule has 1 aromatic rings. The minimum atomic E-state index is -0.737. The van der Waals surface area contributed by atoms with Crippen LogP contribution in [-0.4, -0.2) is 84.0 Å². The Balaban J connectivity index is 1.77. The molecule has 2 aliphatic rings. The maximum atomic E-state index is 13.8. The maximum Gasteiger partial charge on any atom is 0.328 e. The van der Waals surface area contributed by atoms with Gasteiger partial charge in [0.05, 0.1) is 25.3 Å². The summed E-state index contributed by atoms with van der Waals surface area (Å²) < 4.78 is 10.6. The highest BCUT2D eigenvalue weighted by Gasteiger charge is 2.50. The number of likely N-dealkylation sites (tertiary alicyclic amines) is 2. The predicted molar refractivity (Wildman–Crippen MR) is 134 cm³/mol. The van der Waals surface area contributed by atoms with E-state index in [1.54, 1.807) is 30.6 Å². The monoisotopic (exact) mass is 501 g/mol. The Kier molecular flexibility index (Phi) is 9.87. The number of hydrogen-bond acceptors (Lipinski definition) is 7. The van der Waals surface area contributed by atoms with Crippen LogP contribution in [0.1, 0.15) is 52.5 Å². The van der Waals surface area contributed by atoms with Gasteiger partial charge in [-0.15, -0.1) is 0 Å². The summed E-state index contributed by atoms with van der Waals surface area (Å²) in [6.45, 7) is 8.19. The van der Waals surface area contributed by atoms with Crippen LogP contribution in [0.3, 0.4) is 0 Å². The Labute approximate surface area is 213 Å². The van der Waals surface area contributed by atoms with Crippen LogP contribution in [0.5, 0.6) is 0 Å². The first-order valence-corrected chi connectivity index (χ1v) is 13.0. The highest BCUT2D eigenvalue weighted by molar-refractivity contribution is 5.89. The van der Waals surface area contributed by atoms with Crippen LogP contribution in [0.4, 0.5) is 0 Å². The second kappa shape index (κ2) is 12.9. The molecule has 2 amide bonds. The van der Waals surface area contributed by atoms with Gasteiger partial charge in [0, 0.05) is 20.0 Å². The molecule has 5 atom stereocenters. The van der Waals surface area contributed by atoms with Gasteiger partial charge in [-0.2, -0.15) is 0 Å². The van der Waals surface area contributed by atoms with Gasteiger partial charge < -0.3 is 19.3 Å². The van der Waals surface area contributed by atoms with Gasteiger partial charge in [-0.1, -0.05) is 30.3 Å². The van der Waals surface area contributed by atoms with Crippen LogP contribution in [0, 0.1) is 5.92 Å². The number of rotatable bonds is 10. The number of aryl methyl sites for hydroxylation is 1. The summed E-state index contributed by atoms with van der Waals surface area (Å²) in [7, 11) is 0. The molecule has 0 radical (unpaired) electrons. The molecule has 1 N–H and O–H groups in total. The third-order valence-electron chi connectivity index (χ3n) is 7.16. The van der Waals surface area contributed by atoms with Crippen LogP contribution >= 0.6 is 0 Å². The summed E-state index contributed by atoms with van der Waals surface area (Å²) in [6, 6.07) is 7.44. The van der Waals surface area contributed by atoms with Gasteiger partial charge in [-0.05, 0) is 57.9 Å². The van der Waals surface area contributed by atoms with Crippen molar-refractivity contribution in [3.8, 4) is 0 Å². The summed E-state index contributed by atoms with van der Waals surface area (Å²) in [6.07, 6.45) is 2.36. The Morgan fingerprint density at radius 1 is 1.08 bits per heavy atom. The molecule has 0 aliphatic carbocycles. The zero-order valence-electron chi connectivity index (χ0n) is 21.8. The average molecular weight is 502 g/mol. The molecule has 2 heterocycles. The van der Waals surface area contributed by atoms with Crippen molar-refractivity contribution in [3.05, 3.63) is 35.9 Å². The van der Waals surface area contributed by atoms with Gasteiger partial charge in [0.15, 0.2) is 0 Å². The van der Waals surface area contributed by atoms with E-state index in [4.69, 9.17) is 9.47 Å². The highest BCUT2D eigenvalue weighted by atomic mass is 16.5. The fraction of sp³-hybridized carbons (Fsp3) is 0.630. The molecule has 2 aliphatic heterocycles. The number of fused-ring (bicyclic) bond motifs is 1. The minimum absolute atomic E-state index is 0.0464. The normalized spacial score (nSPS) is 22.9. The summed E-state index contributed by atoms with van der Waals surface area (Å²) in [4.78, 5) is 54.7. The fourth-order valence-electron chi connectivity index (χ4n) is 5.32. The van der Waals surface area contributed by atoms with Crippen LogP contribution in [0.15, 0.2) is 30.3 Å².